The number of anilines is 3. The zero-order valence-electron chi connectivity index (χ0n) is 17.8. The molecule has 8 heteroatoms. The highest BCUT2D eigenvalue weighted by atomic mass is 32.1. The topological polar surface area (TPSA) is 84.7 Å². The van der Waals surface area contributed by atoms with Crippen LogP contribution in [0.1, 0.15) is 15.9 Å². The SMILES string of the molecule is Cc1ccc(C(=O)Nc2cccc(-n3ccnc3)c2)cc1Nc1nc(-c2cccnc2)cs1. The Bertz CT molecular complexity index is 1400. The van der Waals surface area contributed by atoms with Crippen LogP contribution in [0.5, 0.6) is 0 Å². The number of imidazole rings is 1. The number of nitrogens with one attached hydrogen (secondary N) is 2. The molecule has 0 aliphatic heterocycles. The molecule has 3 aromatic heterocycles. The van der Waals surface area contributed by atoms with Gasteiger partial charge in [-0.1, -0.05) is 12.1 Å². The van der Waals surface area contributed by atoms with Crippen molar-refractivity contribution in [3.63, 3.8) is 0 Å². The largest absolute Gasteiger partial charge is 0.331 e. The third kappa shape index (κ3) is 4.65. The van der Waals surface area contributed by atoms with E-state index in [2.05, 4.69) is 25.6 Å². The highest BCUT2D eigenvalue weighted by Gasteiger charge is 2.11. The van der Waals surface area contributed by atoms with Crippen LogP contribution in [0.4, 0.5) is 16.5 Å². The minimum Gasteiger partial charge on any atom is -0.331 e. The van der Waals surface area contributed by atoms with Crippen LogP contribution >= 0.6 is 11.3 Å². The molecule has 0 bridgehead atoms. The molecule has 5 aromatic rings. The van der Waals surface area contributed by atoms with Crippen LogP contribution in [-0.2, 0) is 0 Å². The number of thiazole rings is 1. The maximum atomic E-state index is 12.9. The summed E-state index contributed by atoms with van der Waals surface area (Å²) in [6, 6.07) is 17.1. The Morgan fingerprint density at radius 2 is 1.97 bits per heavy atom. The molecule has 0 unspecified atom stereocenters. The minimum absolute atomic E-state index is 0.184. The first-order chi connectivity index (χ1) is 16.2. The van der Waals surface area contributed by atoms with Gasteiger partial charge in [0.1, 0.15) is 0 Å². The fraction of sp³-hybridized carbons (Fsp3) is 0.0400. The zero-order valence-corrected chi connectivity index (χ0v) is 18.6. The van der Waals surface area contributed by atoms with Crippen molar-refractivity contribution in [2.45, 2.75) is 6.92 Å². The van der Waals surface area contributed by atoms with Crippen molar-refractivity contribution < 1.29 is 4.79 Å². The van der Waals surface area contributed by atoms with Gasteiger partial charge in [0.2, 0.25) is 0 Å². The maximum Gasteiger partial charge on any atom is 0.255 e. The number of hydrogen-bond acceptors (Lipinski definition) is 6. The van der Waals surface area contributed by atoms with E-state index >= 15 is 0 Å². The molecule has 7 nitrogen and oxygen atoms in total. The van der Waals surface area contributed by atoms with Gasteiger partial charge in [0, 0.05) is 58.4 Å². The summed E-state index contributed by atoms with van der Waals surface area (Å²) in [6.45, 7) is 1.99. The molecule has 2 aromatic carbocycles. The second-order valence-corrected chi connectivity index (χ2v) is 8.27. The molecular formula is C25H20N6OS. The van der Waals surface area contributed by atoms with Crippen LogP contribution in [0.3, 0.4) is 0 Å². The molecule has 2 N–H and O–H groups in total. The predicted molar refractivity (Wildman–Crippen MR) is 131 cm³/mol. The van der Waals surface area contributed by atoms with E-state index in [-0.39, 0.29) is 5.91 Å². The van der Waals surface area contributed by atoms with Crippen molar-refractivity contribution in [1.82, 2.24) is 19.5 Å². The van der Waals surface area contributed by atoms with Crippen LogP contribution in [0, 0.1) is 6.92 Å². The molecule has 0 fully saturated rings. The lowest BCUT2D eigenvalue weighted by Gasteiger charge is -2.11. The molecule has 162 valence electrons. The van der Waals surface area contributed by atoms with Gasteiger partial charge in [0.05, 0.1) is 12.0 Å². The molecular weight excluding hydrogens is 432 g/mol. The summed E-state index contributed by atoms with van der Waals surface area (Å²) in [6.07, 6.45) is 8.82. The lowest BCUT2D eigenvalue weighted by atomic mass is 10.1. The lowest BCUT2D eigenvalue weighted by molar-refractivity contribution is 0.102. The monoisotopic (exact) mass is 452 g/mol. The van der Waals surface area contributed by atoms with Gasteiger partial charge in [0.15, 0.2) is 5.13 Å². The molecule has 0 saturated heterocycles. The number of amides is 1. The van der Waals surface area contributed by atoms with E-state index in [4.69, 9.17) is 0 Å². The Labute approximate surface area is 194 Å². The Kier molecular flexibility index (Phi) is 5.65. The summed E-state index contributed by atoms with van der Waals surface area (Å²) in [5, 5.41) is 9.06. The van der Waals surface area contributed by atoms with Crippen LogP contribution in [0.15, 0.2) is 91.1 Å². The summed E-state index contributed by atoms with van der Waals surface area (Å²) in [4.78, 5) is 25.8. The van der Waals surface area contributed by atoms with Crippen molar-refractivity contribution in [3.05, 3.63) is 102 Å². The van der Waals surface area contributed by atoms with Gasteiger partial charge in [0.25, 0.3) is 5.91 Å². The Hall–Kier alpha value is -4.30. The van der Waals surface area contributed by atoms with Gasteiger partial charge >= 0.3 is 0 Å². The number of carbonyl (C=O) groups is 1. The van der Waals surface area contributed by atoms with Crippen molar-refractivity contribution in [3.8, 4) is 16.9 Å². The number of aromatic nitrogens is 4. The van der Waals surface area contributed by atoms with Crippen LogP contribution in [0.2, 0.25) is 0 Å². The third-order valence-corrected chi connectivity index (χ3v) is 5.87. The minimum atomic E-state index is -0.184. The molecule has 3 heterocycles. The quantitative estimate of drug-likeness (QED) is 0.345. The first-order valence-corrected chi connectivity index (χ1v) is 11.2. The first kappa shape index (κ1) is 20.6. The number of rotatable bonds is 6. The molecule has 33 heavy (non-hydrogen) atoms. The van der Waals surface area contributed by atoms with Gasteiger partial charge in [-0.25, -0.2) is 9.97 Å². The average molecular weight is 453 g/mol. The zero-order chi connectivity index (χ0) is 22.6. The molecule has 1 amide bonds. The summed E-state index contributed by atoms with van der Waals surface area (Å²) in [5.74, 6) is -0.184. The molecule has 0 spiro atoms. The van der Waals surface area contributed by atoms with Gasteiger partial charge in [-0.3, -0.25) is 9.78 Å². The lowest BCUT2D eigenvalue weighted by Crippen LogP contribution is -2.12. The number of hydrogen-bond donors (Lipinski definition) is 2. The highest BCUT2D eigenvalue weighted by molar-refractivity contribution is 7.14. The first-order valence-electron chi connectivity index (χ1n) is 10.3. The summed E-state index contributed by atoms with van der Waals surface area (Å²) in [7, 11) is 0. The second kappa shape index (κ2) is 9.05. The Morgan fingerprint density at radius 3 is 2.79 bits per heavy atom. The van der Waals surface area contributed by atoms with Crippen LogP contribution in [0.25, 0.3) is 16.9 Å². The van der Waals surface area contributed by atoms with Crippen molar-refractivity contribution in [1.29, 1.82) is 0 Å². The standard InChI is InChI=1S/C25H20N6OS/c1-17-7-8-18(24(32)28-20-5-2-6-21(13-20)31-11-10-27-16-31)12-22(17)29-25-30-23(15-33-25)19-4-3-9-26-14-19/h2-16H,1H3,(H,28,32)(H,29,30). The second-order valence-electron chi connectivity index (χ2n) is 7.41. The van der Waals surface area contributed by atoms with Crippen molar-refractivity contribution >= 4 is 33.8 Å². The smallest absolute Gasteiger partial charge is 0.255 e. The molecule has 0 aliphatic carbocycles. The third-order valence-electron chi connectivity index (χ3n) is 5.11. The number of aryl methyl sites for hydroxylation is 1. The van der Waals surface area contributed by atoms with Crippen molar-refractivity contribution in [2.75, 3.05) is 10.6 Å². The van der Waals surface area contributed by atoms with Crippen molar-refractivity contribution in [2.24, 2.45) is 0 Å². The van der Waals surface area contributed by atoms with Crippen LogP contribution in [-0.4, -0.2) is 25.4 Å². The molecule has 5 rings (SSSR count). The summed E-state index contributed by atoms with van der Waals surface area (Å²) < 4.78 is 1.89. The molecule has 0 radical (unpaired) electrons. The Morgan fingerprint density at radius 1 is 1.03 bits per heavy atom. The molecule has 0 saturated carbocycles. The Balaban J connectivity index is 1.33. The van der Waals surface area contributed by atoms with E-state index < -0.39 is 0 Å². The number of carbonyl (C=O) groups excluding carboxylic acids is 1. The van der Waals surface area contributed by atoms with E-state index in [9.17, 15) is 4.79 Å². The average Bonchev–Trinajstić information content (AvgIpc) is 3.54. The van der Waals surface area contributed by atoms with Gasteiger partial charge in [-0.15, -0.1) is 11.3 Å². The van der Waals surface area contributed by atoms with E-state index in [0.29, 0.717) is 11.3 Å². The fourth-order valence-corrected chi connectivity index (χ4v) is 4.08. The van der Waals surface area contributed by atoms with Crippen LogP contribution < -0.4 is 10.6 Å². The number of benzene rings is 2. The number of pyridine rings is 1. The van der Waals surface area contributed by atoms with E-state index in [1.165, 1.54) is 11.3 Å². The highest BCUT2D eigenvalue weighted by Crippen LogP contribution is 2.28. The number of nitrogens with zero attached hydrogens (tertiary/aromatic N) is 4. The fourth-order valence-electron chi connectivity index (χ4n) is 3.35. The maximum absolute atomic E-state index is 12.9. The van der Waals surface area contributed by atoms with E-state index in [0.717, 1.165) is 33.3 Å². The van der Waals surface area contributed by atoms with E-state index in [1.54, 1.807) is 24.9 Å². The van der Waals surface area contributed by atoms with Gasteiger partial charge < -0.3 is 15.2 Å². The summed E-state index contributed by atoms with van der Waals surface area (Å²) >= 11 is 1.51. The van der Waals surface area contributed by atoms with Gasteiger partial charge in [-0.2, -0.15) is 0 Å². The molecule has 0 atom stereocenters. The molecule has 0 aliphatic rings. The summed E-state index contributed by atoms with van der Waals surface area (Å²) in [5.41, 5.74) is 5.87. The van der Waals surface area contributed by atoms with Gasteiger partial charge in [-0.05, 0) is 55.0 Å². The normalized spacial score (nSPS) is 10.7. The predicted octanol–water partition coefficient (Wildman–Crippen LogP) is 5.70. The van der Waals surface area contributed by atoms with E-state index in [1.807, 2.05) is 77.7 Å².